The predicted octanol–water partition coefficient (Wildman–Crippen LogP) is 3.46. The van der Waals surface area contributed by atoms with Gasteiger partial charge in [-0.2, -0.15) is 4.52 Å². The molecule has 1 aromatic carbocycles. The average molecular weight is 347 g/mol. The maximum atomic E-state index is 12.2. The van der Waals surface area contributed by atoms with E-state index in [1.807, 2.05) is 32.0 Å². The summed E-state index contributed by atoms with van der Waals surface area (Å²) < 4.78 is 8.03. The number of hydrogen-bond acceptors (Lipinski definition) is 6. The van der Waals surface area contributed by atoms with Crippen molar-refractivity contribution in [1.29, 1.82) is 0 Å². The van der Waals surface area contributed by atoms with E-state index >= 15 is 0 Å². The van der Waals surface area contributed by atoms with Gasteiger partial charge >= 0.3 is 0 Å². The van der Waals surface area contributed by atoms with Crippen LogP contribution in [0.3, 0.4) is 0 Å². The minimum Gasteiger partial charge on any atom is -0.487 e. The van der Waals surface area contributed by atoms with Gasteiger partial charge in [0.15, 0.2) is 4.34 Å². The summed E-state index contributed by atoms with van der Waals surface area (Å²) in [4.78, 5) is 17.2. The molecule has 2 aromatic heterocycles. The van der Waals surface area contributed by atoms with Crippen molar-refractivity contribution in [3.05, 3.63) is 51.4 Å². The molecule has 0 amide bonds. The number of ether oxygens (including phenoxy) is 1. The number of benzene rings is 1. The molecule has 0 bridgehead atoms. The fourth-order valence-electron chi connectivity index (χ4n) is 2.13. The van der Waals surface area contributed by atoms with Gasteiger partial charge in [0.25, 0.3) is 5.56 Å². The van der Waals surface area contributed by atoms with E-state index in [-0.39, 0.29) is 12.2 Å². The fourth-order valence-corrected chi connectivity index (χ4v) is 3.98. The molecule has 0 fully saturated rings. The molecule has 0 saturated heterocycles. The molecular weight excluding hydrogens is 330 g/mol. The van der Waals surface area contributed by atoms with Gasteiger partial charge in [0.1, 0.15) is 12.4 Å². The maximum Gasteiger partial charge on any atom is 0.275 e. The van der Waals surface area contributed by atoms with Crippen LogP contribution in [0.2, 0.25) is 0 Å². The van der Waals surface area contributed by atoms with E-state index in [0.29, 0.717) is 10.7 Å². The molecule has 0 N–H and O–H groups in total. The van der Waals surface area contributed by atoms with Gasteiger partial charge in [-0.1, -0.05) is 42.2 Å². The second-order valence-corrected chi connectivity index (χ2v) is 7.53. The minimum absolute atomic E-state index is 0.172. The number of hydrogen-bond donors (Lipinski definition) is 0. The molecule has 3 aromatic rings. The van der Waals surface area contributed by atoms with Gasteiger partial charge < -0.3 is 4.74 Å². The van der Waals surface area contributed by atoms with Gasteiger partial charge in [-0.25, -0.2) is 4.98 Å². The molecule has 3 rings (SSSR count). The Bertz CT molecular complexity index is 902. The molecule has 0 aliphatic rings. The van der Waals surface area contributed by atoms with Crippen molar-refractivity contribution in [2.45, 2.75) is 31.7 Å². The SMILES string of the molecule is CCSc1nn2c(=O)cc(COc3cccc(C)c3C)nc2s1. The molecule has 0 aliphatic carbocycles. The summed E-state index contributed by atoms with van der Waals surface area (Å²) in [5, 5.41) is 4.27. The van der Waals surface area contributed by atoms with E-state index < -0.39 is 0 Å². The number of aryl methyl sites for hydroxylation is 1. The molecule has 23 heavy (non-hydrogen) atoms. The molecule has 0 atom stereocenters. The van der Waals surface area contributed by atoms with E-state index in [0.717, 1.165) is 21.4 Å². The second-order valence-electron chi connectivity index (χ2n) is 5.07. The third-order valence-electron chi connectivity index (χ3n) is 3.48. The highest BCUT2D eigenvalue weighted by Gasteiger charge is 2.10. The highest BCUT2D eigenvalue weighted by atomic mass is 32.2. The quantitative estimate of drug-likeness (QED) is 0.662. The molecule has 120 valence electrons. The van der Waals surface area contributed by atoms with Crippen LogP contribution in [0.25, 0.3) is 4.96 Å². The number of thioether (sulfide) groups is 1. The Kier molecular flexibility index (Phi) is 4.68. The molecule has 0 aliphatic heterocycles. The zero-order chi connectivity index (χ0) is 16.4. The number of aromatic nitrogens is 3. The van der Waals surface area contributed by atoms with Gasteiger partial charge in [-0.3, -0.25) is 4.79 Å². The van der Waals surface area contributed by atoms with Crippen LogP contribution in [-0.4, -0.2) is 20.4 Å². The summed E-state index contributed by atoms with van der Waals surface area (Å²) in [6.45, 7) is 6.39. The topological polar surface area (TPSA) is 56.5 Å². The monoisotopic (exact) mass is 347 g/mol. The van der Waals surface area contributed by atoms with Gasteiger partial charge in [-0.15, -0.1) is 5.10 Å². The minimum atomic E-state index is -0.172. The highest BCUT2D eigenvalue weighted by molar-refractivity contribution is 8.01. The summed E-state index contributed by atoms with van der Waals surface area (Å²) >= 11 is 3.03. The van der Waals surface area contributed by atoms with Crippen molar-refractivity contribution in [1.82, 2.24) is 14.6 Å². The molecule has 5 nitrogen and oxygen atoms in total. The van der Waals surface area contributed by atoms with E-state index in [4.69, 9.17) is 4.74 Å². The second kappa shape index (κ2) is 6.72. The van der Waals surface area contributed by atoms with Crippen molar-refractivity contribution in [3.8, 4) is 5.75 Å². The molecule has 0 unspecified atom stereocenters. The van der Waals surface area contributed by atoms with Crippen molar-refractivity contribution in [3.63, 3.8) is 0 Å². The average Bonchev–Trinajstić information content (AvgIpc) is 2.92. The maximum absolute atomic E-state index is 12.2. The lowest BCUT2D eigenvalue weighted by Crippen LogP contribution is -2.16. The molecule has 0 saturated carbocycles. The predicted molar refractivity (Wildman–Crippen MR) is 93.8 cm³/mol. The Labute approximate surface area is 142 Å². The highest BCUT2D eigenvalue weighted by Crippen LogP contribution is 2.24. The van der Waals surface area contributed by atoms with E-state index in [9.17, 15) is 4.79 Å². The van der Waals surface area contributed by atoms with Gasteiger partial charge in [-0.05, 0) is 36.8 Å². The Morgan fingerprint density at radius 2 is 2.17 bits per heavy atom. The summed E-state index contributed by atoms with van der Waals surface area (Å²) in [6, 6.07) is 7.42. The van der Waals surface area contributed by atoms with Crippen LogP contribution in [0.15, 0.2) is 33.4 Å². The molecule has 7 heteroatoms. The Morgan fingerprint density at radius 3 is 2.96 bits per heavy atom. The summed E-state index contributed by atoms with van der Waals surface area (Å²) in [5.41, 5.74) is 2.72. The van der Waals surface area contributed by atoms with Crippen LogP contribution in [-0.2, 0) is 6.61 Å². The van der Waals surface area contributed by atoms with Crippen LogP contribution < -0.4 is 10.3 Å². The summed E-state index contributed by atoms with van der Waals surface area (Å²) in [7, 11) is 0. The molecular formula is C16H17N3O2S2. The lowest BCUT2D eigenvalue weighted by molar-refractivity contribution is 0.299. The van der Waals surface area contributed by atoms with Crippen molar-refractivity contribution in [2.24, 2.45) is 0 Å². The normalized spacial score (nSPS) is 11.1. The van der Waals surface area contributed by atoms with Crippen LogP contribution in [0, 0.1) is 13.8 Å². The molecule has 2 heterocycles. The smallest absolute Gasteiger partial charge is 0.275 e. The number of rotatable bonds is 5. The van der Waals surface area contributed by atoms with E-state index in [1.165, 1.54) is 27.5 Å². The van der Waals surface area contributed by atoms with Crippen LogP contribution in [0.5, 0.6) is 5.75 Å². The summed E-state index contributed by atoms with van der Waals surface area (Å²) in [6.07, 6.45) is 0. The van der Waals surface area contributed by atoms with E-state index in [1.54, 1.807) is 11.8 Å². The summed E-state index contributed by atoms with van der Waals surface area (Å²) in [5.74, 6) is 1.73. The standard InChI is InChI=1S/C16H17N3O2S2/c1-4-22-16-18-19-14(20)8-12(17-15(19)23-16)9-21-13-7-5-6-10(2)11(13)3/h5-8H,4,9H2,1-3H3. The van der Waals surface area contributed by atoms with Gasteiger partial charge in [0, 0.05) is 6.07 Å². The lowest BCUT2D eigenvalue weighted by Gasteiger charge is -2.10. The van der Waals surface area contributed by atoms with Crippen molar-refractivity contribution in [2.75, 3.05) is 5.75 Å². The van der Waals surface area contributed by atoms with Crippen LogP contribution in [0.1, 0.15) is 23.7 Å². The largest absolute Gasteiger partial charge is 0.487 e. The Hall–Kier alpha value is -1.86. The van der Waals surface area contributed by atoms with Crippen LogP contribution in [0.4, 0.5) is 0 Å². The van der Waals surface area contributed by atoms with Crippen molar-refractivity contribution >= 4 is 28.1 Å². The third kappa shape index (κ3) is 3.40. The number of fused-ring (bicyclic) bond motifs is 1. The van der Waals surface area contributed by atoms with E-state index in [2.05, 4.69) is 17.0 Å². The Balaban J connectivity index is 1.85. The molecule has 0 spiro atoms. The Morgan fingerprint density at radius 1 is 1.35 bits per heavy atom. The molecule has 0 radical (unpaired) electrons. The third-order valence-corrected chi connectivity index (χ3v) is 5.40. The van der Waals surface area contributed by atoms with Crippen molar-refractivity contribution < 1.29 is 4.74 Å². The first-order chi connectivity index (χ1) is 11.1. The first-order valence-corrected chi connectivity index (χ1v) is 9.10. The fraction of sp³-hybridized carbons (Fsp3) is 0.312. The van der Waals surface area contributed by atoms with Crippen LogP contribution >= 0.6 is 23.1 Å². The first-order valence-electron chi connectivity index (χ1n) is 7.30. The van der Waals surface area contributed by atoms with Gasteiger partial charge in [0.2, 0.25) is 4.96 Å². The zero-order valence-corrected chi connectivity index (χ0v) is 14.8. The van der Waals surface area contributed by atoms with Gasteiger partial charge in [0.05, 0.1) is 5.69 Å². The zero-order valence-electron chi connectivity index (χ0n) is 13.2. The first kappa shape index (κ1) is 16.0. The number of nitrogens with zero attached hydrogens (tertiary/aromatic N) is 3. The lowest BCUT2D eigenvalue weighted by atomic mass is 10.1.